The highest BCUT2D eigenvalue weighted by Crippen LogP contribution is 2.23. The molecule has 39 heavy (non-hydrogen) atoms. The molecule has 1 saturated heterocycles. The van der Waals surface area contributed by atoms with Gasteiger partial charge in [-0.1, -0.05) is 35.5 Å². The van der Waals surface area contributed by atoms with Gasteiger partial charge in [0, 0.05) is 11.1 Å². The Morgan fingerprint density at radius 2 is 1.77 bits per heavy atom. The van der Waals surface area contributed by atoms with Gasteiger partial charge in [-0.3, -0.25) is 0 Å². The molecule has 0 spiro atoms. The van der Waals surface area contributed by atoms with Crippen LogP contribution in [0.4, 0.5) is 0 Å². The largest absolute Gasteiger partial charge is 0.490 e. The zero-order chi connectivity index (χ0) is 26.6. The third-order valence-electron chi connectivity index (χ3n) is 6.98. The third-order valence-corrected chi connectivity index (χ3v) is 6.98. The first-order valence-electron chi connectivity index (χ1n) is 12.9. The second-order valence-electron chi connectivity index (χ2n) is 9.84. The number of hydrogen-bond acceptors (Lipinski definition) is 9. The number of fused-ring (bicyclic) bond motifs is 1. The van der Waals surface area contributed by atoms with Crippen LogP contribution in [0.1, 0.15) is 24.0 Å². The minimum atomic E-state index is 0.457. The molecule has 0 radical (unpaired) electrons. The summed E-state index contributed by atoms with van der Waals surface area (Å²) in [6.45, 7) is 3.40. The van der Waals surface area contributed by atoms with Gasteiger partial charge in [-0.05, 0) is 62.7 Å². The van der Waals surface area contributed by atoms with Gasteiger partial charge in [0.25, 0.3) is 0 Å². The van der Waals surface area contributed by atoms with Gasteiger partial charge in [-0.15, -0.1) is 5.10 Å². The lowest BCUT2D eigenvalue weighted by Crippen LogP contribution is -2.32. The van der Waals surface area contributed by atoms with E-state index in [0.29, 0.717) is 53.2 Å². The normalized spacial score (nSPS) is 14.4. The molecule has 0 aliphatic carbocycles. The first-order chi connectivity index (χ1) is 19.1. The van der Waals surface area contributed by atoms with Crippen LogP contribution in [-0.2, 0) is 6.54 Å². The molecule has 3 aromatic heterocycles. The lowest BCUT2D eigenvalue weighted by molar-refractivity contribution is 0.159. The lowest BCUT2D eigenvalue weighted by Gasteiger charge is -2.28. The molecule has 1 fully saturated rings. The van der Waals surface area contributed by atoms with E-state index in [-0.39, 0.29) is 0 Å². The van der Waals surface area contributed by atoms with Crippen LogP contribution >= 0.6 is 0 Å². The number of benzene rings is 2. The smallest absolute Gasteiger partial charge is 0.221 e. The van der Waals surface area contributed by atoms with Crippen molar-refractivity contribution in [3.05, 3.63) is 78.2 Å². The summed E-state index contributed by atoms with van der Waals surface area (Å²) >= 11 is 0. The van der Waals surface area contributed by atoms with Crippen LogP contribution in [0, 0.1) is 17.2 Å². The number of ether oxygens (including phenoxy) is 1. The maximum absolute atomic E-state index is 9.23. The summed E-state index contributed by atoms with van der Waals surface area (Å²) in [7, 11) is 2.16. The summed E-state index contributed by atoms with van der Waals surface area (Å²) in [6, 6.07) is 17.5. The first kappa shape index (κ1) is 24.6. The summed E-state index contributed by atoms with van der Waals surface area (Å²) in [4.78, 5) is 20.6. The van der Waals surface area contributed by atoms with Gasteiger partial charge in [0.2, 0.25) is 5.65 Å². The second kappa shape index (κ2) is 10.9. The Balaban J connectivity index is 1.17. The zero-order valence-corrected chi connectivity index (χ0v) is 21.6. The second-order valence-corrected chi connectivity index (χ2v) is 9.84. The molecule has 10 heteroatoms. The number of rotatable bonds is 7. The van der Waals surface area contributed by atoms with E-state index >= 15 is 0 Å². The summed E-state index contributed by atoms with van der Waals surface area (Å²) in [5.41, 5.74) is 4.98. The van der Waals surface area contributed by atoms with Crippen LogP contribution in [0.5, 0.6) is 5.75 Å². The molecule has 2 aromatic carbocycles. The molecule has 194 valence electrons. The van der Waals surface area contributed by atoms with E-state index in [4.69, 9.17) is 9.72 Å². The average molecular weight is 518 g/mol. The Kier molecular flexibility index (Phi) is 6.89. The Hall–Kier alpha value is -4.75. The minimum Gasteiger partial charge on any atom is -0.490 e. The number of aromatic nitrogens is 7. The van der Waals surface area contributed by atoms with Gasteiger partial charge in [0.15, 0.2) is 17.2 Å². The SMILES string of the molecule is CN1CCC(COc2cnc(-c3cccc(Cn4nnc5ncc(-c6cccc(C#N)c6)nc54)c3)nc2)CC1. The van der Waals surface area contributed by atoms with E-state index in [9.17, 15) is 5.26 Å². The fraction of sp³-hybridized carbons (Fsp3) is 0.276. The van der Waals surface area contributed by atoms with Gasteiger partial charge in [-0.2, -0.15) is 5.26 Å². The van der Waals surface area contributed by atoms with Crippen molar-refractivity contribution in [2.24, 2.45) is 5.92 Å². The number of hydrogen-bond donors (Lipinski definition) is 0. The van der Waals surface area contributed by atoms with Crippen LogP contribution in [0.15, 0.2) is 67.1 Å². The topological polar surface area (TPSA) is 119 Å². The molecule has 4 heterocycles. The molecule has 0 saturated carbocycles. The molecule has 0 amide bonds. The Morgan fingerprint density at radius 1 is 0.974 bits per heavy atom. The van der Waals surface area contributed by atoms with Crippen molar-refractivity contribution in [3.63, 3.8) is 0 Å². The number of likely N-dealkylation sites (tertiary alicyclic amines) is 1. The molecule has 1 aliphatic heterocycles. The van der Waals surface area contributed by atoms with Crippen LogP contribution in [-0.4, -0.2) is 66.6 Å². The molecular formula is C29H27N9O. The van der Waals surface area contributed by atoms with Gasteiger partial charge in [-0.25, -0.2) is 24.6 Å². The number of nitrogens with zero attached hydrogens (tertiary/aromatic N) is 9. The van der Waals surface area contributed by atoms with Crippen LogP contribution in [0.2, 0.25) is 0 Å². The van der Waals surface area contributed by atoms with E-state index < -0.39 is 0 Å². The van der Waals surface area contributed by atoms with Crippen molar-refractivity contribution in [1.82, 2.24) is 39.8 Å². The Labute approximate surface area is 226 Å². The highest BCUT2D eigenvalue weighted by Gasteiger charge is 2.17. The minimum absolute atomic E-state index is 0.457. The van der Waals surface area contributed by atoms with E-state index in [1.54, 1.807) is 35.4 Å². The standard InChI is InChI=1S/C29H27N9O/c1-37-10-8-20(9-11-37)19-39-25-15-31-27(32-16-25)24-7-3-5-22(13-24)18-38-29-28(35-36-38)33-17-26(34-29)23-6-2-4-21(12-23)14-30/h2-7,12-13,15-17,20H,8-11,18-19H2,1H3. The van der Waals surface area contributed by atoms with Crippen LogP contribution in [0.3, 0.4) is 0 Å². The van der Waals surface area contributed by atoms with Gasteiger partial charge < -0.3 is 9.64 Å². The average Bonchev–Trinajstić information content (AvgIpc) is 3.39. The summed E-state index contributed by atoms with van der Waals surface area (Å²) in [5, 5.41) is 17.7. The molecule has 1 aliphatic rings. The van der Waals surface area contributed by atoms with Crippen molar-refractivity contribution < 1.29 is 4.74 Å². The van der Waals surface area contributed by atoms with Gasteiger partial charge in [0.1, 0.15) is 0 Å². The number of piperidine rings is 1. The highest BCUT2D eigenvalue weighted by molar-refractivity contribution is 5.70. The molecule has 0 unspecified atom stereocenters. The van der Waals surface area contributed by atoms with Gasteiger partial charge in [0.05, 0.1) is 49.1 Å². The predicted molar refractivity (Wildman–Crippen MR) is 146 cm³/mol. The summed E-state index contributed by atoms with van der Waals surface area (Å²) in [6.07, 6.45) is 7.45. The highest BCUT2D eigenvalue weighted by atomic mass is 16.5. The van der Waals surface area contributed by atoms with E-state index in [1.807, 2.05) is 36.4 Å². The first-order valence-corrected chi connectivity index (χ1v) is 12.9. The fourth-order valence-electron chi connectivity index (χ4n) is 4.71. The monoisotopic (exact) mass is 517 g/mol. The van der Waals surface area contributed by atoms with E-state index in [1.165, 1.54) is 0 Å². The van der Waals surface area contributed by atoms with Crippen molar-refractivity contribution >= 4 is 11.3 Å². The van der Waals surface area contributed by atoms with Crippen molar-refractivity contribution in [3.8, 4) is 34.5 Å². The molecule has 10 nitrogen and oxygen atoms in total. The van der Waals surface area contributed by atoms with Gasteiger partial charge >= 0.3 is 0 Å². The summed E-state index contributed by atoms with van der Waals surface area (Å²) < 4.78 is 7.69. The molecule has 0 atom stereocenters. The zero-order valence-electron chi connectivity index (χ0n) is 21.6. The molecule has 0 N–H and O–H groups in total. The molecule has 6 rings (SSSR count). The lowest BCUT2D eigenvalue weighted by atomic mass is 9.98. The Morgan fingerprint density at radius 3 is 2.59 bits per heavy atom. The van der Waals surface area contributed by atoms with Crippen LogP contribution < -0.4 is 4.74 Å². The molecule has 5 aromatic rings. The maximum atomic E-state index is 9.23. The molecular weight excluding hydrogens is 490 g/mol. The summed E-state index contributed by atoms with van der Waals surface area (Å²) in [5.74, 6) is 1.90. The van der Waals surface area contributed by atoms with Crippen molar-refractivity contribution in [2.45, 2.75) is 19.4 Å². The fourth-order valence-corrected chi connectivity index (χ4v) is 4.71. The third kappa shape index (κ3) is 5.58. The van der Waals surface area contributed by atoms with Crippen molar-refractivity contribution in [1.29, 1.82) is 5.26 Å². The predicted octanol–water partition coefficient (Wildman–Crippen LogP) is 3.99. The van der Waals surface area contributed by atoms with Crippen molar-refractivity contribution in [2.75, 3.05) is 26.7 Å². The van der Waals surface area contributed by atoms with E-state index in [2.05, 4.69) is 43.3 Å². The quantitative estimate of drug-likeness (QED) is 0.316. The molecule has 0 bridgehead atoms. The number of nitriles is 1. The van der Waals surface area contributed by atoms with Crippen LogP contribution in [0.25, 0.3) is 33.9 Å². The van der Waals surface area contributed by atoms with E-state index in [0.717, 1.165) is 42.6 Å². The Bertz CT molecular complexity index is 1630. The maximum Gasteiger partial charge on any atom is 0.221 e.